The Kier molecular flexibility index (Phi) is 6.31. The zero-order valence-corrected chi connectivity index (χ0v) is 21.9. The number of para-hydroxylation sites is 1. The lowest BCUT2D eigenvalue weighted by Crippen LogP contribution is -2.19. The van der Waals surface area contributed by atoms with E-state index < -0.39 is 0 Å². The molecule has 0 aromatic heterocycles. The molecule has 0 saturated heterocycles. The van der Waals surface area contributed by atoms with Crippen LogP contribution in [0.1, 0.15) is 13.3 Å². The molecule has 0 fully saturated rings. The van der Waals surface area contributed by atoms with Crippen LogP contribution in [0.2, 0.25) is 0 Å². The molecular formula is C36H32N2. The molecule has 2 heteroatoms. The Morgan fingerprint density at radius 1 is 0.711 bits per heavy atom. The molecule has 5 aromatic rings. The van der Waals surface area contributed by atoms with Crippen molar-refractivity contribution in [3.63, 3.8) is 0 Å². The Morgan fingerprint density at radius 2 is 1.39 bits per heavy atom. The fourth-order valence-electron chi connectivity index (χ4n) is 5.57. The number of anilines is 2. The van der Waals surface area contributed by atoms with Gasteiger partial charge in [0.15, 0.2) is 0 Å². The van der Waals surface area contributed by atoms with Crippen molar-refractivity contribution in [1.29, 1.82) is 0 Å². The summed E-state index contributed by atoms with van der Waals surface area (Å²) in [7, 11) is 2.18. The van der Waals surface area contributed by atoms with Gasteiger partial charge in [-0.25, -0.2) is 0 Å². The van der Waals surface area contributed by atoms with Crippen LogP contribution < -0.4 is 10.6 Å². The number of fused-ring (bicyclic) bond motifs is 1. The zero-order valence-electron chi connectivity index (χ0n) is 21.9. The number of allylic oxidation sites excluding steroid dienone is 4. The van der Waals surface area contributed by atoms with Crippen molar-refractivity contribution in [2.75, 3.05) is 17.7 Å². The van der Waals surface area contributed by atoms with Crippen molar-refractivity contribution in [2.24, 2.45) is 5.92 Å². The summed E-state index contributed by atoms with van der Waals surface area (Å²) >= 11 is 0. The van der Waals surface area contributed by atoms with E-state index in [0.29, 0.717) is 5.92 Å². The number of hydrogen-bond donors (Lipinski definition) is 1. The van der Waals surface area contributed by atoms with Gasteiger partial charge in [-0.2, -0.15) is 0 Å². The minimum absolute atomic E-state index is 0.552. The largest absolute Gasteiger partial charge is 0.398 e. The number of nitrogens with two attached hydrogens (primary N) is 1. The lowest BCUT2D eigenvalue weighted by atomic mass is 9.92. The van der Waals surface area contributed by atoms with Crippen molar-refractivity contribution >= 4 is 22.1 Å². The van der Waals surface area contributed by atoms with Crippen LogP contribution in [0.3, 0.4) is 0 Å². The number of nitrogens with zero attached hydrogens (tertiary/aromatic N) is 1. The van der Waals surface area contributed by atoms with E-state index in [4.69, 9.17) is 5.73 Å². The highest BCUT2D eigenvalue weighted by atomic mass is 15.1. The summed E-state index contributed by atoms with van der Waals surface area (Å²) in [6.45, 7) is 2.27. The molecule has 0 saturated carbocycles. The third kappa shape index (κ3) is 4.50. The molecule has 5 aromatic carbocycles. The highest BCUT2D eigenvalue weighted by Crippen LogP contribution is 2.38. The fourth-order valence-corrected chi connectivity index (χ4v) is 5.57. The van der Waals surface area contributed by atoms with E-state index in [1.54, 1.807) is 0 Å². The van der Waals surface area contributed by atoms with Gasteiger partial charge in [0.2, 0.25) is 0 Å². The van der Waals surface area contributed by atoms with E-state index >= 15 is 0 Å². The molecule has 1 atom stereocenters. The van der Waals surface area contributed by atoms with E-state index in [2.05, 4.69) is 140 Å². The van der Waals surface area contributed by atoms with Gasteiger partial charge < -0.3 is 10.6 Å². The zero-order chi connectivity index (χ0) is 26.1. The van der Waals surface area contributed by atoms with Gasteiger partial charge >= 0.3 is 0 Å². The van der Waals surface area contributed by atoms with Crippen LogP contribution in [0.5, 0.6) is 0 Å². The first kappa shape index (κ1) is 23.8. The number of rotatable bonds is 5. The molecule has 2 N–H and O–H groups in total. The van der Waals surface area contributed by atoms with Crippen LogP contribution in [-0.4, -0.2) is 7.05 Å². The van der Waals surface area contributed by atoms with E-state index in [9.17, 15) is 0 Å². The fraction of sp³-hybridized carbons (Fsp3) is 0.111. The lowest BCUT2D eigenvalue weighted by molar-refractivity contribution is 0.691. The van der Waals surface area contributed by atoms with Gasteiger partial charge in [-0.15, -0.1) is 0 Å². The van der Waals surface area contributed by atoms with Crippen LogP contribution in [0, 0.1) is 5.92 Å². The molecule has 186 valence electrons. The smallest absolute Gasteiger partial charge is 0.0485 e. The van der Waals surface area contributed by atoms with E-state index in [0.717, 1.165) is 23.2 Å². The summed E-state index contributed by atoms with van der Waals surface area (Å²) in [5.41, 5.74) is 16.9. The number of hydrogen-bond acceptors (Lipinski definition) is 2. The van der Waals surface area contributed by atoms with Gasteiger partial charge in [-0.05, 0) is 75.7 Å². The molecule has 0 radical (unpaired) electrons. The summed E-state index contributed by atoms with van der Waals surface area (Å²) in [5, 5.41) is 2.37. The second-order valence-electron chi connectivity index (χ2n) is 10.2. The molecule has 0 amide bonds. The van der Waals surface area contributed by atoms with Crippen molar-refractivity contribution < 1.29 is 0 Å². The summed E-state index contributed by atoms with van der Waals surface area (Å²) in [5.74, 6) is 0.552. The Bertz CT molecular complexity index is 1690. The van der Waals surface area contributed by atoms with Gasteiger partial charge in [0.05, 0.1) is 0 Å². The molecule has 0 spiro atoms. The molecule has 0 heterocycles. The van der Waals surface area contributed by atoms with E-state index in [-0.39, 0.29) is 0 Å². The highest BCUT2D eigenvalue weighted by molar-refractivity contribution is 6.02. The first-order valence-corrected chi connectivity index (χ1v) is 13.3. The van der Waals surface area contributed by atoms with Crippen LogP contribution in [0.4, 0.5) is 11.4 Å². The van der Waals surface area contributed by atoms with Gasteiger partial charge in [0.25, 0.3) is 0 Å². The third-order valence-corrected chi connectivity index (χ3v) is 7.58. The monoisotopic (exact) mass is 492 g/mol. The average molecular weight is 493 g/mol. The van der Waals surface area contributed by atoms with Crippen LogP contribution in [0.25, 0.3) is 44.2 Å². The Labute approximate surface area is 225 Å². The molecule has 0 bridgehead atoms. The maximum atomic E-state index is 6.51. The van der Waals surface area contributed by atoms with Gasteiger partial charge in [-0.3, -0.25) is 0 Å². The normalized spacial score (nSPS) is 14.9. The molecule has 38 heavy (non-hydrogen) atoms. The molecule has 2 nitrogen and oxygen atoms in total. The van der Waals surface area contributed by atoms with E-state index in [1.165, 1.54) is 44.4 Å². The maximum absolute atomic E-state index is 6.51. The quantitative estimate of drug-likeness (QED) is 0.248. The Balaban J connectivity index is 1.40. The third-order valence-electron chi connectivity index (χ3n) is 7.58. The SMILES string of the molecule is CC1C=CC=C(N(C)c2ccccc2-c2cccc(-c3cccc(-c4c(N)ccc5ccccc45)c3)c2)C1. The average Bonchev–Trinajstić information content (AvgIpc) is 2.97. The molecule has 1 aliphatic rings. The van der Waals surface area contributed by atoms with Crippen LogP contribution in [-0.2, 0) is 0 Å². The van der Waals surface area contributed by atoms with Crippen LogP contribution >= 0.6 is 0 Å². The molecule has 1 aliphatic carbocycles. The minimum atomic E-state index is 0.552. The predicted molar refractivity (Wildman–Crippen MR) is 164 cm³/mol. The number of benzene rings is 5. The Hall–Kier alpha value is -4.56. The van der Waals surface area contributed by atoms with Crippen molar-refractivity contribution in [3.05, 3.63) is 133 Å². The van der Waals surface area contributed by atoms with E-state index in [1.807, 2.05) is 6.07 Å². The first-order valence-electron chi connectivity index (χ1n) is 13.3. The summed E-state index contributed by atoms with van der Waals surface area (Å²) < 4.78 is 0. The lowest BCUT2D eigenvalue weighted by Gasteiger charge is -2.28. The molecule has 0 aliphatic heterocycles. The second-order valence-corrected chi connectivity index (χ2v) is 10.2. The predicted octanol–water partition coefficient (Wildman–Crippen LogP) is 9.34. The topological polar surface area (TPSA) is 29.3 Å². The summed E-state index contributed by atoms with van der Waals surface area (Å²) in [6, 6.07) is 38.8. The second kappa shape index (κ2) is 10.1. The molecular weight excluding hydrogens is 460 g/mol. The highest BCUT2D eigenvalue weighted by Gasteiger charge is 2.16. The van der Waals surface area contributed by atoms with Crippen molar-refractivity contribution in [3.8, 4) is 33.4 Å². The summed E-state index contributed by atoms with van der Waals surface area (Å²) in [4.78, 5) is 2.34. The van der Waals surface area contributed by atoms with Gasteiger partial charge in [0.1, 0.15) is 0 Å². The van der Waals surface area contributed by atoms with Crippen molar-refractivity contribution in [1.82, 2.24) is 0 Å². The van der Waals surface area contributed by atoms with Crippen molar-refractivity contribution in [2.45, 2.75) is 13.3 Å². The number of nitrogen functional groups attached to an aromatic ring is 1. The maximum Gasteiger partial charge on any atom is 0.0485 e. The molecule has 1 unspecified atom stereocenters. The molecule has 6 rings (SSSR count). The van der Waals surface area contributed by atoms with Crippen LogP contribution in [0.15, 0.2) is 133 Å². The van der Waals surface area contributed by atoms with Gasteiger partial charge in [0, 0.05) is 35.2 Å². The first-order chi connectivity index (χ1) is 18.6. The Morgan fingerprint density at radius 3 is 2.21 bits per heavy atom. The standard InChI is InChI=1S/C36H32N2/c1-25-10-7-16-31(22-25)38(2)35-19-6-5-17-32(35)29-14-8-12-27(23-29)28-13-9-15-30(24-28)36-33-18-4-3-11-26(33)20-21-34(36)37/h3-21,23-25H,22,37H2,1-2H3. The summed E-state index contributed by atoms with van der Waals surface area (Å²) in [6.07, 6.45) is 7.73. The van der Waals surface area contributed by atoms with Gasteiger partial charge in [-0.1, -0.05) is 104 Å². The minimum Gasteiger partial charge on any atom is -0.398 e.